The van der Waals surface area contributed by atoms with Crippen LogP contribution < -0.4 is 10.6 Å². The average molecular weight is 291 g/mol. The number of amides is 1. The maximum Gasteiger partial charge on any atom is 0.237 e. The normalized spacial score (nSPS) is 20.5. The molecule has 0 spiro atoms. The fourth-order valence-electron chi connectivity index (χ4n) is 2.07. The first kappa shape index (κ1) is 16.4. The van der Waals surface area contributed by atoms with E-state index in [0.29, 0.717) is 19.5 Å². The van der Waals surface area contributed by atoms with Crippen LogP contribution in [0.5, 0.6) is 0 Å². The van der Waals surface area contributed by atoms with Gasteiger partial charge >= 0.3 is 0 Å². The molecule has 0 bridgehead atoms. The van der Waals surface area contributed by atoms with Crippen LogP contribution in [-0.2, 0) is 14.8 Å². The van der Waals surface area contributed by atoms with Gasteiger partial charge in [-0.25, -0.2) is 12.7 Å². The Kier molecular flexibility index (Phi) is 6.74. The maximum atomic E-state index is 11.8. The number of carbonyl (C=O) groups excluding carboxylic acids is 1. The van der Waals surface area contributed by atoms with Crippen molar-refractivity contribution in [3.63, 3.8) is 0 Å². The highest BCUT2D eigenvalue weighted by atomic mass is 32.2. The molecule has 1 rings (SSSR count). The molecule has 1 saturated heterocycles. The third-order valence-electron chi connectivity index (χ3n) is 3.42. The average Bonchev–Trinajstić information content (AvgIpc) is 2.43. The topological polar surface area (TPSA) is 78.5 Å². The van der Waals surface area contributed by atoms with Gasteiger partial charge in [0.25, 0.3) is 0 Å². The van der Waals surface area contributed by atoms with Crippen LogP contribution in [0.3, 0.4) is 0 Å². The van der Waals surface area contributed by atoms with Crippen molar-refractivity contribution in [2.45, 2.75) is 38.6 Å². The van der Waals surface area contributed by atoms with Crippen molar-refractivity contribution in [1.29, 1.82) is 0 Å². The molecule has 1 aliphatic heterocycles. The third-order valence-corrected chi connectivity index (χ3v) is 5.28. The summed E-state index contributed by atoms with van der Waals surface area (Å²) in [5, 5.41) is 6.04. The number of hydrogen-bond donors (Lipinski definition) is 2. The van der Waals surface area contributed by atoms with Crippen molar-refractivity contribution in [2.75, 3.05) is 32.4 Å². The van der Waals surface area contributed by atoms with E-state index in [4.69, 9.17) is 0 Å². The van der Waals surface area contributed by atoms with E-state index in [-0.39, 0.29) is 17.7 Å². The maximum absolute atomic E-state index is 11.8. The van der Waals surface area contributed by atoms with Crippen LogP contribution in [0.25, 0.3) is 0 Å². The fraction of sp³-hybridized carbons (Fsp3) is 0.917. The van der Waals surface area contributed by atoms with Crippen LogP contribution in [0.2, 0.25) is 0 Å². The van der Waals surface area contributed by atoms with Crippen molar-refractivity contribution in [3.8, 4) is 0 Å². The molecule has 1 aliphatic rings. The molecule has 1 atom stereocenters. The quantitative estimate of drug-likeness (QED) is 0.643. The molecule has 6 nitrogen and oxygen atoms in total. The highest BCUT2D eigenvalue weighted by Gasteiger charge is 2.20. The molecule has 7 heteroatoms. The van der Waals surface area contributed by atoms with Crippen molar-refractivity contribution in [1.82, 2.24) is 14.9 Å². The Labute approximate surface area is 116 Å². The highest BCUT2D eigenvalue weighted by molar-refractivity contribution is 7.89. The minimum Gasteiger partial charge on any atom is -0.355 e. The molecule has 1 fully saturated rings. The van der Waals surface area contributed by atoms with Crippen LogP contribution in [-0.4, -0.2) is 57.1 Å². The summed E-state index contributed by atoms with van der Waals surface area (Å²) in [6.07, 6.45) is 3.73. The second-order valence-corrected chi connectivity index (χ2v) is 7.23. The summed E-state index contributed by atoms with van der Waals surface area (Å²) in [5.74, 6) is 0.141. The molecule has 1 heterocycles. The molecule has 0 saturated carbocycles. The van der Waals surface area contributed by atoms with Crippen LogP contribution >= 0.6 is 0 Å². The van der Waals surface area contributed by atoms with Gasteiger partial charge < -0.3 is 10.6 Å². The SMILES string of the molecule is CCS(=O)(=O)N(C)CCCNC(=O)C1CCCCN1. The molecule has 1 amide bonds. The number of piperidine rings is 1. The van der Waals surface area contributed by atoms with E-state index in [9.17, 15) is 13.2 Å². The standard InChI is InChI=1S/C12H25N3O3S/c1-3-19(17,18)15(2)10-6-9-14-12(16)11-7-4-5-8-13-11/h11,13H,3-10H2,1-2H3,(H,14,16). The van der Waals surface area contributed by atoms with Crippen LogP contribution in [0.15, 0.2) is 0 Å². The molecular formula is C12H25N3O3S. The molecule has 0 aromatic carbocycles. The number of sulfonamides is 1. The summed E-state index contributed by atoms with van der Waals surface area (Å²) in [5.41, 5.74) is 0. The zero-order chi connectivity index (χ0) is 14.3. The largest absolute Gasteiger partial charge is 0.355 e. The van der Waals surface area contributed by atoms with E-state index < -0.39 is 10.0 Å². The van der Waals surface area contributed by atoms with Crippen LogP contribution in [0.1, 0.15) is 32.6 Å². The van der Waals surface area contributed by atoms with Crippen molar-refractivity contribution in [2.24, 2.45) is 0 Å². The summed E-state index contributed by atoms with van der Waals surface area (Å²) >= 11 is 0. The highest BCUT2D eigenvalue weighted by Crippen LogP contribution is 2.06. The molecule has 0 aromatic heterocycles. The van der Waals surface area contributed by atoms with E-state index in [2.05, 4.69) is 10.6 Å². The predicted molar refractivity (Wildman–Crippen MR) is 75.4 cm³/mol. The summed E-state index contributed by atoms with van der Waals surface area (Å²) < 4.78 is 24.4. The number of rotatable bonds is 7. The lowest BCUT2D eigenvalue weighted by atomic mass is 10.0. The first-order valence-electron chi connectivity index (χ1n) is 6.92. The Balaban J connectivity index is 2.18. The molecule has 2 N–H and O–H groups in total. The van der Waals surface area contributed by atoms with Crippen LogP contribution in [0, 0.1) is 0 Å². The molecule has 0 radical (unpaired) electrons. The Hall–Kier alpha value is -0.660. The second kappa shape index (κ2) is 7.81. The zero-order valence-electron chi connectivity index (χ0n) is 11.8. The van der Waals surface area contributed by atoms with E-state index in [1.807, 2.05) is 0 Å². The Morgan fingerprint density at radius 3 is 2.74 bits per heavy atom. The summed E-state index contributed by atoms with van der Waals surface area (Å²) in [6, 6.07) is -0.0779. The third kappa shape index (κ3) is 5.46. The van der Waals surface area contributed by atoms with E-state index in [0.717, 1.165) is 25.8 Å². The van der Waals surface area contributed by atoms with Gasteiger partial charge in [0.05, 0.1) is 11.8 Å². The second-order valence-electron chi connectivity index (χ2n) is 4.87. The van der Waals surface area contributed by atoms with Gasteiger partial charge in [0.1, 0.15) is 0 Å². The number of carbonyl (C=O) groups is 1. The first-order valence-corrected chi connectivity index (χ1v) is 8.53. The summed E-state index contributed by atoms with van der Waals surface area (Å²) in [4.78, 5) is 11.8. The Bertz CT molecular complexity index is 378. The van der Waals surface area contributed by atoms with Gasteiger partial charge in [-0.15, -0.1) is 0 Å². The lowest BCUT2D eigenvalue weighted by Crippen LogP contribution is -2.47. The fourth-order valence-corrected chi connectivity index (χ4v) is 2.92. The minimum absolute atomic E-state index is 0.0284. The van der Waals surface area contributed by atoms with Crippen LogP contribution in [0.4, 0.5) is 0 Å². The van der Waals surface area contributed by atoms with E-state index in [1.165, 1.54) is 4.31 Å². The summed E-state index contributed by atoms with van der Waals surface area (Å²) in [7, 11) is -1.54. The van der Waals surface area contributed by atoms with Gasteiger partial charge in [0, 0.05) is 20.1 Å². The van der Waals surface area contributed by atoms with Gasteiger partial charge in [0.15, 0.2) is 0 Å². The van der Waals surface area contributed by atoms with Gasteiger partial charge in [-0.05, 0) is 32.7 Å². The summed E-state index contributed by atoms with van der Waals surface area (Å²) in [6.45, 7) is 3.48. The monoisotopic (exact) mass is 291 g/mol. The Morgan fingerprint density at radius 1 is 1.42 bits per heavy atom. The molecule has 0 aliphatic carbocycles. The van der Waals surface area contributed by atoms with E-state index in [1.54, 1.807) is 14.0 Å². The van der Waals surface area contributed by atoms with Crippen molar-refractivity contribution in [3.05, 3.63) is 0 Å². The molecule has 112 valence electrons. The number of nitrogens with one attached hydrogen (secondary N) is 2. The molecular weight excluding hydrogens is 266 g/mol. The molecule has 0 aromatic rings. The van der Waals surface area contributed by atoms with Gasteiger partial charge in [-0.3, -0.25) is 4.79 Å². The van der Waals surface area contributed by atoms with Gasteiger partial charge in [-0.2, -0.15) is 0 Å². The van der Waals surface area contributed by atoms with Gasteiger partial charge in [-0.1, -0.05) is 6.42 Å². The van der Waals surface area contributed by atoms with E-state index >= 15 is 0 Å². The number of hydrogen-bond acceptors (Lipinski definition) is 4. The van der Waals surface area contributed by atoms with Crippen molar-refractivity contribution < 1.29 is 13.2 Å². The zero-order valence-corrected chi connectivity index (χ0v) is 12.6. The Morgan fingerprint density at radius 2 is 2.16 bits per heavy atom. The lowest BCUT2D eigenvalue weighted by Gasteiger charge is -2.22. The first-order chi connectivity index (χ1) is 8.97. The van der Waals surface area contributed by atoms with Crippen molar-refractivity contribution >= 4 is 15.9 Å². The minimum atomic E-state index is -3.11. The molecule has 1 unspecified atom stereocenters. The molecule has 19 heavy (non-hydrogen) atoms. The van der Waals surface area contributed by atoms with Gasteiger partial charge in [0.2, 0.25) is 15.9 Å². The lowest BCUT2D eigenvalue weighted by molar-refractivity contribution is -0.123. The predicted octanol–water partition coefficient (Wildman–Crippen LogP) is -0.0837. The smallest absolute Gasteiger partial charge is 0.237 e. The number of nitrogens with zero attached hydrogens (tertiary/aromatic N) is 1.